The summed E-state index contributed by atoms with van der Waals surface area (Å²) in [5.74, 6) is 0.325. The Morgan fingerprint density at radius 3 is 2.47 bits per heavy atom. The van der Waals surface area contributed by atoms with Crippen LogP contribution in [-0.2, 0) is 7.05 Å². The van der Waals surface area contributed by atoms with Crippen molar-refractivity contribution in [1.29, 1.82) is 0 Å². The van der Waals surface area contributed by atoms with E-state index in [1.807, 2.05) is 42.1 Å². The summed E-state index contributed by atoms with van der Waals surface area (Å²) in [5.41, 5.74) is 0.876. The molecule has 89 valence electrons. The fraction of sp³-hybridized carbons (Fsp3) is 0.0714. The van der Waals surface area contributed by atoms with Gasteiger partial charge >= 0.3 is 0 Å². The predicted molar refractivity (Wildman–Crippen MR) is 64.3 cm³/mol. The largest absolute Gasteiger partial charge is 0.502 e. The van der Waals surface area contributed by atoms with E-state index in [1.165, 1.54) is 10.8 Å². The van der Waals surface area contributed by atoms with Crippen molar-refractivity contribution in [3.05, 3.63) is 48.7 Å². The minimum Gasteiger partial charge on any atom is -0.502 e. The van der Waals surface area contributed by atoms with Crippen LogP contribution in [0.2, 0.25) is 0 Å². The zero-order valence-corrected chi connectivity index (χ0v) is 11.8. The second kappa shape index (κ2) is 3.49. The molecule has 3 aromatic rings. The van der Waals surface area contributed by atoms with Crippen molar-refractivity contribution < 1.29 is 9.67 Å². The number of pyridine rings is 1. The Morgan fingerprint density at radius 1 is 0.941 bits per heavy atom. The number of fused-ring (bicyclic) bond motifs is 3. The first-order valence-corrected chi connectivity index (χ1v) is 5.26. The Balaban J connectivity index is 0.00000108. The summed E-state index contributed by atoms with van der Waals surface area (Å²) in [7, 11) is 1.95. The second-order valence-electron chi connectivity index (χ2n) is 4.00. The predicted octanol–water partition coefficient (Wildman–Crippen LogP) is 2.52. The van der Waals surface area contributed by atoms with Crippen LogP contribution in [0.3, 0.4) is 0 Å². The number of hydrogen-bond acceptors (Lipinski definition) is 1. The molecule has 3 heteroatoms. The number of hydrogen-bond donors (Lipinski definition) is 1. The molecule has 1 radical (unpaired) electrons. The third-order valence-electron chi connectivity index (χ3n) is 2.95. The number of aromatic nitrogens is 1. The maximum Gasteiger partial charge on any atom is 0.255 e. The van der Waals surface area contributed by atoms with Gasteiger partial charge in [-0.25, -0.2) is 0 Å². The Morgan fingerprint density at radius 2 is 1.65 bits per heavy atom. The van der Waals surface area contributed by atoms with Crippen LogP contribution < -0.4 is 4.57 Å². The fourth-order valence-electron chi connectivity index (χ4n) is 2.25. The minimum absolute atomic E-state index is 0. The van der Waals surface area contributed by atoms with Gasteiger partial charge in [-0.3, -0.25) is 0 Å². The average Bonchev–Trinajstić information content (AvgIpc) is 2.29. The molecule has 0 aliphatic carbocycles. The van der Waals surface area contributed by atoms with Crippen LogP contribution in [0.5, 0.6) is 5.75 Å². The molecule has 0 aliphatic heterocycles. The van der Waals surface area contributed by atoms with Crippen molar-refractivity contribution >= 4 is 21.7 Å². The SMILES string of the molecule is C[n+]1cc2ccccc2c2cccc(O)c21.[Es]. The van der Waals surface area contributed by atoms with E-state index >= 15 is 0 Å². The Kier molecular flexibility index (Phi) is 2.14. The smallest absolute Gasteiger partial charge is 0.255 e. The molecule has 0 fully saturated rings. The molecule has 2 nitrogen and oxygen atoms in total. The Hall–Kier alpha value is -3.09. The van der Waals surface area contributed by atoms with Gasteiger partial charge in [0.2, 0.25) is 0 Å². The first kappa shape index (κ1) is 10.4. The number of rotatable bonds is 0. The molecule has 17 heavy (non-hydrogen) atoms. The maximum absolute atomic E-state index is 9.89. The normalized spacial score (nSPS) is 10.4. The van der Waals surface area contributed by atoms with E-state index in [0.29, 0.717) is 5.75 Å². The molecule has 0 aliphatic rings. The number of phenolic OH excluding ortho intramolecular Hbond substituents is 1. The van der Waals surface area contributed by atoms with Crippen molar-refractivity contribution in [1.82, 2.24) is 0 Å². The summed E-state index contributed by atoms with van der Waals surface area (Å²) in [5, 5.41) is 13.3. The van der Waals surface area contributed by atoms with Crippen LogP contribution in [0.15, 0.2) is 48.7 Å². The molecule has 0 unspecified atom stereocenters. The van der Waals surface area contributed by atoms with Crippen LogP contribution in [0.4, 0.5) is 0 Å². The second-order valence-corrected chi connectivity index (χ2v) is 4.00. The molecule has 0 amide bonds. The Bertz CT molecular complexity index is 694. The number of benzene rings is 2. The van der Waals surface area contributed by atoms with Crippen molar-refractivity contribution in [2.24, 2.45) is 7.05 Å². The Labute approximate surface area is 93.4 Å². The van der Waals surface area contributed by atoms with Crippen LogP contribution in [0.1, 0.15) is 0 Å². The summed E-state index contributed by atoms with van der Waals surface area (Å²) in [6.07, 6.45) is 2.04. The molecule has 3 rings (SSSR count). The van der Waals surface area contributed by atoms with Crippen molar-refractivity contribution in [2.45, 2.75) is 0 Å². The number of aromatic hydroxyl groups is 1. The van der Waals surface area contributed by atoms with E-state index in [1.54, 1.807) is 6.07 Å². The zero-order chi connectivity index (χ0) is 11.1. The van der Waals surface area contributed by atoms with Gasteiger partial charge in [0.15, 0.2) is 11.9 Å². The molecular weight excluding hydrogens is 450 g/mol. The van der Waals surface area contributed by atoms with Gasteiger partial charge in [-0.1, -0.05) is 24.3 Å². The van der Waals surface area contributed by atoms with Crippen LogP contribution in [-0.4, -0.2) is 5.11 Å². The third-order valence-corrected chi connectivity index (χ3v) is 2.95. The zero-order valence-electron chi connectivity index (χ0n) is 9.31. The summed E-state index contributed by atoms with van der Waals surface area (Å²) >= 11 is 0. The maximum atomic E-state index is 9.89. The van der Waals surface area contributed by atoms with E-state index in [-0.39, 0.29) is 0 Å². The molecule has 0 bridgehead atoms. The van der Waals surface area contributed by atoms with Gasteiger partial charge in [0.25, 0.3) is 5.52 Å². The quantitative estimate of drug-likeness (QED) is 0.403. The molecule has 1 heterocycles. The summed E-state index contributed by atoms with van der Waals surface area (Å²) in [6, 6.07) is 13.8. The van der Waals surface area contributed by atoms with Gasteiger partial charge in [-0.05, 0) is 18.2 Å². The van der Waals surface area contributed by atoms with E-state index < -0.39 is 0 Å². The van der Waals surface area contributed by atoms with Crippen molar-refractivity contribution in [3.8, 4) is 5.75 Å². The molecular formula is C14H12EsNO+. The third kappa shape index (κ3) is 1.34. The number of phenols is 1. The molecule has 0 saturated heterocycles. The molecule has 1 N–H and O–H groups in total. The van der Waals surface area contributed by atoms with Gasteiger partial charge in [0.05, 0.1) is 5.39 Å². The first-order valence-electron chi connectivity index (χ1n) is 5.26. The average molecular weight is 462 g/mol. The number of nitrogens with zero attached hydrogens (tertiary/aromatic N) is 1. The van der Waals surface area contributed by atoms with Gasteiger partial charge in [-0.15, -0.1) is 0 Å². The molecule has 2 aromatic carbocycles. The molecule has 1 aromatic heterocycles. The van der Waals surface area contributed by atoms with E-state index in [0.717, 1.165) is 10.9 Å². The van der Waals surface area contributed by atoms with Crippen molar-refractivity contribution in [3.63, 3.8) is 0 Å². The van der Waals surface area contributed by atoms with Gasteiger partial charge in [-0.2, -0.15) is 4.57 Å². The molecule has 0 spiro atoms. The fourth-order valence-corrected chi connectivity index (χ4v) is 2.25. The monoisotopic (exact) mass is 462 g/mol. The first-order chi connectivity index (χ1) is 7.77. The topological polar surface area (TPSA) is 24.1 Å². The van der Waals surface area contributed by atoms with Crippen LogP contribution in [0, 0.1) is 0 Å². The molecule has 0 saturated carbocycles. The van der Waals surface area contributed by atoms with Crippen LogP contribution >= 0.6 is 0 Å². The number of para-hydroxylation sites is 1. The standard InChI is InChI=1S/C14H11NO.Es/c1-15-9-10-5-2-3-6-11(10)12-7-4-8-13(16)14(12)15;/h2-9H,1H3;/p+1. The van der Waals surface area contributed by atoms with Crippen LogP contribution in [0.25, 0.3) is 21.7 Å². The molecule has 0 atom stereocenters. The van der Waals surface area contributed by atoms with E-state index in [9.17, 15) is 5.11 Å². The number of aryl methyl sites for hydroxylation is 1. The summed E-state index contributed by atoms with van der Waals surface area (Å²) in [4.78, 5) is 0. The van der Waals surface area contributed by atoms with Gasteiger partial charge in [0, 0.05) is 10.8 Å². The minimum atomic E-state index is 0. The van der Waals surface area contributed by atoms with E-state index in [2.05, 4.69) is 12.1 Å². The van der Waals surface area contributed by atoms with Gasteiger partial charge in [0.1, 0.15) is 7.05 Å². The van der Waals surface area contributed by atoms with E-state index in [4.69, 9.17) is 0 Å². The van der Waals surface area contributed by atoms with Crippen molar-refractivity contribution in [2.75, 3.05) is 0 Å². The summed E-state index contributed by atoms with van der Waals surface area (Å²) in [6.45, 7) is 0. The summed E-state index contributed by atoms with van der Waals surface area (Å²) < 4.78 is 1.97. The van der Waals surface area contributed by atoms with Gasteiger partial charge < -0.3 is 5.11 Å².